The summed E-state index contributed by atoms with van der Waals surface area (Å²) in [5.41, 5.74) is 0. The predicted octanol–water partition coefficient (Wildman–Crippen LogP) is 21.2. The van der Waals surface area contributed by atoms with Crippen molar-refractivity contribution in [3.63, 3.8) is 0 Å². The van der Waals surface area contributed by atoms with Gasteiger partial charge in [-0.05, 0) is 103 Å². The average Bonchev–Trinajstić information content (AvgIpc) is 3.38. The second-order valence-corrected chi connectivity index (χ2v) is 21.0. The van der Waals surface area contributed by atoms with E-state index in [1.54, 1.807) is 0 Å². The van der Waals surface area contributed by atoms with Crippen LogP contribution in [-0.4, -0.2) is 37.2 Å². The minimum absolute atomic E-state index is 0.0804. The van der Waals surface area contributed by atoms with Gasteiger partial charge in [0.05, 0.1) is 0 Å². The molecule has 0 saturated heterocycles. The van der Waals surface area contributed by atoms with E-state index < -0.39 is 6.10 Å². The Kier molecular flexibility index (Phi) is 58.2. The molecule has 6 nitrogen and oxygen atoms in total. The van der Waals surface area contributed by atoms with Crippen molar-refractivity contribution >= 4 is 17.9 Å². The molecule has 0 aliphatic rings. The van der Waals surface area contributed by atoms with Crippen LogP contribution >= 0.6 is 0 Å². The van der Waals surface area contributed by atoms with Gasteiger partial charge in [0, 0.05) is 19.3 Å². The first-order valence-corrected chi connectivity index (χ1v) is 31.3. The van der Waals surface area contributed by atoms with Gasteiger partial charge in [0.25, 0.3) is 0 Å². The molecule has 0 aliphatic carbocycles. The summed E-state index contributed by atoms with van der Waals surface area (Å²) in [6, 6.07) is 0. The van der Waals surface area contributed by atoms with E-state index in [1.807, 2.05) is 0 Å². The summed E-state index contributed by atoms with van der Waals surface area (Å²) >= 11 is 0. The highest BCUT2D eigenvalue weighted by Crippen LogP contribution is 2.16. The minimum Gasteiger partial charge on any atom is -0.462 e. The Morgan fingerprint density at radius 3 is 0.889 bits per heavy atom. The summed E-state index contributed by atoms with van der Waals surface area (Å²) in [7, 11) is 0. The molecule has 0 bridgehead atoms. The SMILES string of the molecule is CCCCC/C=C\C=C/CCCCCCCCCCCCC(=O)OCC(COC(=O)CCCCCCCCC/C=C\C/C=C\CCCCC)OC(=O)CCCCCCC/C=C\CCCCCCCCCCC. The van der Waals surface area contributed by atoms with Gasteiger partial charge in [0.2, 0.25) is 0 Å². The van der Waals surface area contributed by atoms with Crippen molar-refractivity contribution in [1.29, 1.82) is 0 Å². The van der Waals surface area contributed by atoms with Gasteiger partial charge in [-0.2, -0.15) is 0 Å². The Bertz CT molecular complexity index is 1290. The largest absolute Gasteiger partial charge is 0.462 e. The van der Waals surface area contributed by atoms with Crippen molar-refractivity contribution in [2.24, 2.45) is 0 Å². The van der Waals surface area contributed by atoms with Gasteiger partial charge in [0.15, 0.2) is 6.10 Å². The fraction of sp³-hybridized carbons (Fsp3) is 0.803. The van der Waals surface area contributed by atoms with Gasteiger partial charge < -0.3 is 14.2 Å². The van der Waals surface area contributed by atoms with Crippen LogP contribution in [0, 0.1) is 0 Å². The molecule has 72 heavy (non-hydrogen) atoms. The maximum atomic E-state index is 12.9. The van der Waals surface area contributed by atoms with Crippen molar-refractivity contribution < 1.29 is 28.6 Å². The van der Waals surface area contributed by atoms with Crippen LogP contribution in [0.1, 0.15) is 323 Å². The lowest BCUT2D eigenvalue weighted by Crippen LogP contribution is -2.30. The zero-order valence-electron chi connectivity index (χ0n) is 47.9. The van der Waals surface area contributed by atoms with Crippen LogP contribution in [0.3, 0.4) is 0 Å². The van der Waals surface area contributed by atoms with Crippen molar-refractivity contribution in [2.45, 2.75) is 329 Å². The summed E-state index contributed by atoms with van der Waals surface area (Å²) in [6.07, 6.45) is 76.4. The van der Waals surface area contributed by atoms with E-state index >= 15 is 0 Å². The van der Waals surface area contributed by atoms with E-state index in [9.17, 15) is 14.4 Å². The van der Waals surface area contributed by atoms with E-state index in [0.717, 1.165) is 83.5 Å². The van der Waals surface area contributed by atoms with Gasteiger partial charge in [-0.25, -0.2) is 0 Å². The lowest BCUT2D eigenvalue weighted by molar-refractivity contribution is -0.167. The highest BCUT2D eigenvalue weighted by Gasteiger charge is 2.19. The first-order chi connectivity index (χ1) is 35.5. The Hall–Kier alpha value is -2.89. The van der Waals surface area contributed by atoms with Crippen LogP contribution in [0.5, 0.6) is 0 Å². The number of allylic oxidation sites excluding steroid dienone is 10. The molecule has 1 unspecified atom stereocenters. The molecule has 0 aromatic carbocycles. The Balaban J connectivity index is 4.39. The fourth-order valence-corrected chi connectivity index (χ4v) is 8.99. The molecule has 1 atom stereocenters. The van der Waals surface area contributed by atoms with E-state index in [4.69, 9.17) is 14.2 Å². The molecule has 0 amide bonds. The summed E-state index contributed by atoms with van der Waals surface area (Å²) in [6.45, 7) is 6.61. The smallest absolute Gasteiger partial charge is 0.306 e. The number of rotatable bonds is 57. The molecule has 0 spiro atoms. The normalized spacial score (nSPS) is 12.4. The molecule has 0 aromatic rings. The van der Waals surface area contributed by atoms with E-state index in [-0.39, 0.29) is 31.1 Å². The van der Waals surface area contributed by atoms with Crippen molar-refractivity contribution in [3.05, 3.63) is 60.8 Å². The molecule has 0 aliphatic heterocycles. The minimum atomic E-state index is -0.784. The van der Waals surface area contributed by atoms with Crippen molar-refractivity contribution in [3.8, 4) is 0 Å². The lowest BCUT2D eigenvalue weighted by atomic mass is 10.1. The number of esters is 3. The highest BCUT2D eigenvalue weighted by molar-refractivity contribution is 5.71. The molecule has 0 heterocycles. The molecule has 0 rings (SSSR count). The average molecular weight is 1010 g/mol. The van der Waals surface area contributed by atoms with Gasteiger partial charge in [-0.1, -0.05) is 261 Å². The van der Waals surface area contributed by atoms with Crippen molar-refractivity contribution in [1.82, 2.24) is 0 Å². The third-order valence-corrected chi connectivity index (χ3v) is 13.7. The number of carbonyl (C=O) groups excluding carboxylic acids is 3. The predicted molar refractivity (Wildman–Crippen MR) is 312 cm³/mol. The number of hydrogen-bond donors (Lipinski definition) is 0. The number of hydrogen-bond acceptors (Lipinski definition) is 6. The summed E-state index contributed by atoms with van der Waals surface area (Å²) in [5.74, 6) is -0.884. The Morgan fingerprint density at radius 1 is 0.292 bits per heavy atom. The first-order valence-electron chi connectivity index (χ1n) is 31.3. The maximum Gasteiger partial charge on any atom is 0.306 e. The molecule has 418 valence electrons. The van der Waals surface area contributed by atoms with Crippen LogP contribution in [0.15, 0.2) is 60.8 Å². The standard InChI is InChI=1S/C66H118O6/c1-4-7-10-13-16-19-22-25-28-31-33-36-38-41-44-47-50-53-56-59-65(68)71-62-63(61-70-64(67)58-55-52-49-46-43-40-37-34-30-27-24-21-18-15-12-9-6-3)72-66(69)60-57-54-51-48-45-42-39-35-32-29-26-23-20-17-14-11-8-5-2/h16,18-19,21-22,25,27,30,35,39,63H,4-15,17,20,23-24,26,28-29,31-34,36-38,40-62H2,1-3H3/b19-16-,21-18-,25-22-,30-27-,39-35-. The van der Waals surface area contributed by atoms with E-state index in [1.165, 1.54) is 199 Å². The molecule has 0 saturated carbocycles. The summed E-state index contributed by atoms with van der Waals surface area (Å²) in [4.78, 5) is 38.3. The van der Waals surface area contributed by atoms with Gasteiger partial charge in [-0.15, -0.1) is 0 Å². The third kappa shape index (κ3) is 58.0. The topological polar surface area (TPSA) is 78.9 Å². The molecular weight excluding hydrogens is 889 g/mol. The highest BCUT2D eigenvalue weighted by atomic mass is 16.6. The zero-order chi connectivity index (χ0) is 52.2. The van der Waals surface area contributed by atoms with Crippen LogP contribution in [0.25, 0.3) is 0 Å². The molecule has 0 fully saturated rings. The van der Waals surface area contributed by atoms with Crippen molar-refractivity contribution in [2.75, 3.05) is 13.2 Å². The lowest BCUT2D eigenvalue weighted by Gasteiger charge is -2.18. The number of ether oxygens (including phenoxy) is 3. The van der Waals surface area contributed by atoms with Gasteiger partial charge >= 0.3 is 17.9 Å². The maximum absolute atomic E-state index is 12.9. The third-order valence-electron chi connectivity index (χ3n) is 13.7. The van der Waals surface area contributed by atoms with Crippen LogP contribution in [0.4, 0.5) is 0 Å². The van der Waals surface area contributed by atoms with E-state index in [0.29, 0.717) is 19.3 Å². The second-order valence-electron chi connectivity index (χ2n) is 21.0. The van der Waals surface area contributed by atoms with Crippen LogP contribution < -0.4 is 0 Å². The molecule has 0 radical (unpaired) electrons. The number of carbonyl (C=O) groups is 3. The molecule has 6 heteroatoms. The summed E-state index contributed by atoms with van der Waals surface area (Å²) < 4.78 is 16.9. The Morgan fingerprint density at radius 2 is 0.542 bits per heavy atom. The van der Waals surface area contributed by atoms with Crippen LogP contribution in [-0.2, 0) is 28.6 Å². The fourth-order valence-electron chi connectivity index (χ4n) is 8.99. The number of unbranched alkanes of at least 4 members (excludes halogenated alkanes) is 37. The molecule has 0 N–H and O–H groups in total. The van der Waals surface area contributed by atoms with E-state index in [2.05, 4.69) is 81.5 Å². The van der Waals surface area contributed by atoms with Crippen LogP contribution in [0.2, 0.25) is 0 Å². The monoisotopic (exact) mass is 1010 g/mol. The van der Waals surface area contributed by atoms with Gasteiger partial charge in [-0.3, -0.25) is 14.4 Å². The zero-order valence-corrected chi connectivity index (χ0v) is 47.9. The molecular formula is C66H118O6. The first kappa shape index (κ1) is 69.1. The van der Waals surface area contributed by atoms with Gasteiger partial charge in [0.1, 0.15) is 13.2 Å². The quantitative estimate of drug-likeness (QED) is 0.0199. The Labute approximate surface area is 447 Å². The molecule has 0 aromatic heterocycles. The second kappa shape index (κ2) is 60.7. The summed E-state index contributed by atoms with van der Waals surface area (Å²) in [5, 5.41) is 0.